The molecule has 0 radical (unpaired) electrons. The molecule has 1 fully saturated rings. The molecule has 1 aliphatic heterocycles. The summed E-state index contributed by atoms with van der Waals surface area (Å²) in [4.78, 5) is 25.8. The predicted molar refractivity (Wildman–Crippen MR) is 89.2 cm³/mol. The molecule has 1 aliphatic rings. The van der Waals surface area contributed by atoms with Gasteiger partial charge < -0.3 is 15.0 Å². The highest BCUT2D eigenvalue weighted by Crippen LogP contribution is 2.14. The van der Waals surface area contributed by atoms with E-state index in [0.29, 0.717) is 18.5 Å². The molecule has 1 atom stereocenters. The third-order valence-electron chi connectivity index (χ3n) is 4.22. The Morgan fingerprint density at radius 3 is 2.70 bits per heavy atom. The molecule has 1 aromatic carbocycles. The van der Waals surface area contributed by atoms with E-state index in [9.17, 15) is 9.59 Å². The van der Waals surface area contributed by atoms with Gasteiger partial charge in [-0.05, 0) is 31.4 Å². The van der Waals surface area contributed by atoms with Gasteiger partial charge in [0.05, 0.1) is 6.10 Å². The van der Waals surface area contributed by atoms with Crippen molar-refractivity contribution in [2.45, 2.75) is 38.2 Å². The second kappa shape index (κ2) is 9.30. The van der Waals surface area contributed by atoms with E-state index in [-0.39, 0.29) is 17.9 Å². The largest absolute Gasteiger partial charge is 0.380 e. The number of unbranched alkanes of at least 4 members (excludes halogenated alkanes) is 2. The maximum Gasteiger partial charge on any atom is 0.251 e. The summed E-state index contributed by atoms with van der Waals surface area (Å²) in [5.41, 5.74) is 0.685. The average molecular weight is 318 g/mol. The number of methoxy groups -OCH3 is 1. The highest BCUT2D eigenvalue weighted by molar-refractivity contribution is 5.94. The second-order valence-corrected chi connectivity index (χ2v) is 5.92. The molecule has 1 N–H and O–H groups in total. The molecule has 0 bridgehead atoms. The smallest absolute Gasteiger partial charge is 0.251 e. The lowest BCUT2D eigenvalue weighted by Gasteiger charge is -2.16. The number of nitrogens with zero attached hydrogens (tertiary/aromatic N) is 1. The van der Waals surface area contributed by atoms with Crippen molar-refractivity contribution >= 4 is 11.8 Å². The Morgan fingerprint density at radius 2 is 2.00 bits per heavy atom. The maximum absolute atomic E-state index is 12.0. The monoisotopic (exact) mass is 318 g/mol. The van der Waals surface area contributed by atoms with Crippen LogP contribution in [0.2, 0.25) is 0 Å². The molecule has 126 valence electrons. The Labute approximate surface area is 138 Å². The summed E-state index contributed by atoms with van der Waals surface area (Å²) in [5.74, 6) is 0.183. The molecule has 5 nitrogen and oxygen atoms in total. The zero-order chi connectivity index (χ0) is 16.5. The summed E-state index contributed by atoms with van der Waals surface area (Å²) in [6, 6.07) is 9.21. The zero-order valence-corrected chi connectivity index (χ0v) is 13.8. The molecule has 2 rings (SSSR count). The van der Waals surface area contributed by atoms with Gasteiger partial charge in [-0.2, -0.15) is 0 Å². The van der Waals surface area contributed by atoms with Crippen LogP contribution in [0, 0.1) is 0 Å². The van der Waals surface area contributed by atoms with Crippen LogP contribution in [0.25, 0.3) is 0 Å². The van der Waals surface area contributed by atoms with Crippen LogP contribution in [-0.4, -0.2) is 49.6 Å². The lowest BCUT2D eigenvalue weighted by molar-refractivity contribution is -0.130. The summed E-state index contributed by atoms with van der Waals surface area (Å²) in [6.07, 6.45) is 4.44. The normalized spacial score (nSPS) is 17.3. The Balaban J connectivity index is 1.53. The summed E-state index contributed by atoms with van der Waals surface area (Å²) >= 11 is 0. The Morgan fingerprint density at radius 1 is 1.22 bits per heavy atom. The van der Waals surface area contributed by atoms with E-state index < -0.39 is 0 Å². The highest BCUT2D eigenvalue weighted by atomic mass is 16.5. The minimum Gasteiger partial charge on any atom is -0.380 e. The first kappa shape index (κ1) is 17.5. The fraction of sp³-hybridized carbons (Fsp3) is 0.556. The van der Waals surface area contributed by atoms with E-state index in [1.165, 1.54) is 0 Å². The summed E-state index contributed by atoms with van der Waals surface area (Å²) in [5, 5.41) is 2.90. The fourth-order valence-electron chi connectivity index (χ4n) is 2.78. The first-order chi connectivity index (χ1) is 11.2. The van der Waals surface area contributed by atoms with Gasteiger partial charge in [0, 0.05) is 38.7 Å². The molecule has 1 unspecified atom stereocenters. The number of hydrogen-bond acceptors (Lipinski definition) is 3. The number of nitrogens with one attached hydrogen (secondary N) is 1. The van der Waals surface area contributed by atoms with Crippen LogP contribution in [0.1, 0.15) is 42.5 Å². The first-order valence-electron chi connectivity index (χ1n) is 8.34. The number of hydrogen-bond donors (Lipinski definition) is 1. The molecular weight excluding hydrogens is 292 g/mol. The molecule has 0 spiro atoms. The van der Waals surface area contributed by atoms with E-state index in [4.69, 9.17) is 4.74 Å². The van der Waals surface area contributed by atoms with Gasteiger partial charge in [-0.1, -0.05) is 24.6 Å². The van der Waals surface area contributed by atoms with E-state index in [2.05, 4.69) is 5.32 Å². The first-order valence-corrected chi connectivity index (χ1v) is 8.34. The van der Waals surface area contributed by atoms with E-state index in [0.717, 1.165) is 38.8 Å². The average Bonchev–Trinajstić information content (AvgIpc) is 3.07. The molecule has 1 saturated heterocycles. The summed E-state index contributed by atoms with van der Waals surface area (Å²) < 4.78 is 5.27. The molecule has 5 heteroatoms. The van der Waals surface area contributed by atoms with Crippen molar-refractivity contribution in [1.82, 2.24) is 10.2 Å². The number of amides is 2. The van der Waals surface area contributed by atoms with E-state index >= 15 is 0 Å². The van der Waals surface area contributed by atoms with Crippen molar-refractivity contribution in [3.8, 4) is 0 Å². The minimum atomic E-state index is -0.0376. The van der Waals surface area contributed by atoms with Crippen molar-refractivity contribution < 1.29 is 14.3 Å². The van der Waals surface area contributed by atoms with Crippen LogP contribution in [0.5, 0.6) is 0 Å². The number of rotatable bonds is 8. The lowest BCUT2D eigenvalue weighted by Crippen LogP contribution is -2.29. The molecule has 23 heavy (non-hydrogen) atoms. The third-order valence-corrected chi connectivity index (χ3v) is 4.22. The van der Waals surface area contributed by atoms with Crippen molar-refractivity contribution in [2.75, 3.05) is 26.7 Å². The number of carbonyl (C=O) groups excluding carboxylic acids is 2. The summed E-state index contributed by atoms with van der Waals surface area (Å²) in [6.45, 7) is 2.18. The number of carbonyl (C=O) groups is 2. The second-order valence-electron chi connectivity index (χ2n) is 5.92. The SMILES string of the molecule is COC1CCN(C(=O)CCCCCNC(=O)c2ccccc2)C1. The molecule has 0 aliphatic carbocycles. The topological polar surface area (TPSA) is 58.6 Å². The zero-order valence-electron chi connectivity index (χ0n) is 13.8. The van der Waals surface area contributed by atoms with Gasteiger partial charge in [0.25, 0.3) is 5.91 Å². The van der Waals surface area contributed by atoms with Gasteiger partial charge in [-0.15, -0.1) is 0 Å². The quantitative estimate of drug-likeness (QED) is 0.748. The van der Waals surface area contributed by atoms with Gasteiger partial charge in [0.2, 0.25) is 5.91 Å². The van der Waals surface area contributed by atoms with Gasteiger partial charge in [-0.25, -0.2) is 0 Å². The van der Waals surface area contributed by atoms with Crippen molar-refractivity contribution in [3.63, 3.8) is 0 Å². The molecular formula is C18H26N2O3. The molecule has 2 amide bonds. The van der Waals surface area contributed by atoms with Crippen LogP contribution < -0.4 is 5.32 Å². The third kappa shape index (κ3) is 5.67. The molecule has 1 heterocycles. The van der Waals surface area contributed by atoms with Crippen LogP contribution in [0.3, 0.4) is 0 Å². The van der Waals surface area contributed by atoms with Gasteiger partial charge >= 0.3 is 0 Å². The Hall–Kier alpha value is -1.88. The number of ether oxygens (including phenoxy) is 1. The van der Waals surface area contributed by atoms with Crippen molar-refractivity contribution in [1.29, 1.82) is 0 Å². The van der Waals surface area contributed by atoms with Crippen molar-refractivity contribution in [3.05, 3.63) is 35.9 Å². The summed E-state index contributed by atoms with van der Waals surface area (Å²) in [7, 11) is 1.70. The van der Waals surface area contributed by atoms with Crippen molar-refractivity contribution in [2.24, 2.45) is 0 Å². The highest BCUT2D eigenvalue weighted by Gasteiger charge is 2.25. The van der Waals surface area contributed by atoms with E-state index in [1.54, 1.807) is 19.2 Å². The molecule has 0 saturated carbocycles. The van der Waals surface area contributed by atoms with Crippen LogP contribution in [-0.2, 0) is 9.53 Å². The van der Waals surface area contributed by atoms with Crippen LogP contribution in [0.4, 0.5) is 0 Å². The minimum absolute atomic E-state index is 0.0376. The fourth-order valence-corrected chi connectivity index (χ4v) is 2.78. The predicted octanol–water partition coefficient (Wildman–Crippen LogP) is 2.22. The van der Waals surface area contributed by atoms with Gasteiger partial charge in [0.15, 0.2) is 0 Å². The van der Waals surface area contributed by atoms with Crippen LogP contribution in [0.15, 0.2) is 30.3 Å². The maximum atomic E-state index is 12.0. The number of likely N-dealkylation sites (tertiary alicyclic amines) is 1. The lowest BCUT2D eigenvalue weighted by atomic mass is 10.1. The van der Waals surface area contributed by atoms with Gasteiger partial charge in [-0.3, -0.25) is 9.59 Å². The molecule has 1 aromatic rings. The van der Waals surface area contributed by atoms with Crippen LogP contribution >= 0.6 is 0 Å². The van der Waals surface area contributed by atoms with Gasteiger partial charge in [0.1, 0.15) is 0 Å². The standard InChI is InChI=1S/C18H26N2O3/c1-23-16-11-13-20(14-16)17(21)10-6-3-7-12-19-18(22)15-8-4-2-5-9-15/h2,4-5,8-9,16H,3,6-7,10-14H2,1H3,(H,19,22). The number of benzene rings is 1. The Kier molecular flexibility index (Phi) is 7.07. The van der Waals surface area contributed by atoms with E-state index in [1.807, 2.05) is 23.1 Å². The molecule has 0 aromatic heterocycles. The Bertz CT molecular complexity index is 504.